The Hall–Kier alpha value is -1.64. The molecule has 2 rings (SSSR count). The highest BCUT2D eigenvalue weighted by Gasteiger charge is 2.14. The maximum Gasteiger partial charge on any atom is 0.179 e. The summed E-state index contributed by atoms with van der Waals surface area (Å²) in [6.07, 6.45) is 0. The third-order valence-electron chi connectivity index (χ3n) is 2.98. The lowest BCUT2D eigenvalue weighted by Gasteiger charge is -2.13. The van der Waals surface area contributed by atoms with E-state index in [1.165, 1.54) is 5.56 Å². The normalized spacial score (nSPS) is 12.1. The number of halogens is 1. The van der Waals surface area contributed by atoms with Crippen molar-refractivity contribution in [3.05, 3.63) is 70.7 Å². The molecule has 98 valence electrons. The second-order valence-electron chi connectivity index (χ2n) is 4.46. The molecule has 2 aromatic rings. The Labute approximate surface area is 118 Å². The van der Waals surface area contributed by atoms with Crippen LogP contribution in [-0.4, -0.2) is 11.8 Å². The van der Waals surface area contributed by atoms with Crippen LogP contribution in [0.15, 0.2) is 54.6 Å². The summed E-state index contributed by atoms with van der Waals surface area (Å²) < 4.78 is 0. The van der Waals surface area contributed by atoms with E-state index in [-0.39, 0.29) is 11.8 Å². The van der Waals surface area contributed by atoms with Crippen LogP contribution in [0.25, 0.3) is 0 Å². The van der Waals surface area contributed by atoms with E-state index in [1.807, 2.05) is 37.3 Å². The summed E-state index contributed by atoms with van der Waals surface area (Å²) in [4.78, 5) is 12.2. The van der Waals surface area contributed by atoms with Crippen LogP contribution in [0.2, 0.25) is 5.02 Å². The largest absolute Gasteiger partial charge is 0.303 e. The van der Waals surface area contributed by atoms with Crippen LogP contribution in [-0.2, 0) is 6.54 Å². The Morgan fingerprint density at radius 3 is 2.37 bits per heavy atom. The third-order valence-corrected chi connectivity index (χ3v) is 3.23. The van der Waals surface area contributed by atoms with Gasteiger partial charge in [-0.3, -0.25) is 4.79 Å². The Bertz CT molecular complexity index is 536. The second kappa shape index (κ2) is 6.50. The SMILES string of the molecule is CC(NCc1ccccc1)C(=O)c1ccc(Cl)cc1. The van der Waals surface area contributed by atoms with Crippen molar-refractivity contribution < 1.29 is 4.79 Å². The van der Waals surface area contributed by atoms with Gasteiger partial charge >= 0.3 is 0 Å². The Morgan fingerprint density at radius 2 is 1.74 bits per heavy atom. The molecule has 1 atom stereocenters. The molecule has 2 aromatic carbocycles. The number of carbonyl (C=O) groups is 1. The van der Waals surface area contributed by atoms with E-state index in [0.29, 0.717) is 17.1 Å². The molecular formula is C16H16ClNO. The van der Waals surface area contributed by atoms with Crippen molar-refractivity contribution in [1.82, 2.24) is 5.32 Å². The average Bonchev–Trinajstić information content (AvgIpc) is 2.46. The van der Waals surface area contributed by atoms with Gasteiger partial charge in [-0.1, -0.05) is 41.9 Å². The lowest BCUT2D eigenvalue weighted by atomic mass is 10.1. The molecule has 19 heavy (non-hydrogen) atoms. The topological polar surface area (TPSA) is 29.1 Å². The van der Waals surface area contributed by atoms with Gasteiger partial charge in [-0.05, 0) is 36.8 Å². The van der Waals surface area contributed by atoms with Crippen molar-refractivity contribution in [3.8, 4) is 0 Å². The molecule has 0 spiro atoms. The number of nitrogens with one attached hydrogen (secondary N) is 1. The van der Waals surface area contributed by atoms with E-state index in [2.05, 4.69) is 5.32 Å². The van der Waals surface area contributed by atoms with Crippen molar-refractivity contribution in [3.63, 3.8) is 0 Å². The minimum Gasteiger partial charge on any atom is -0.303 e. The first kappa shape index (κ1) is 13.8. The zero-order chi connectivity index (χ0) is 13.7. The van der Waals surface area contributed by atoms with Crippen LogP contribution < -0.4 is 5.32 Å². The molecule has 1 N–H and O–H groups in total. The van der Waals surface area contributed by atoms with Crippen molar-refractivity contribution in [2.24, 2.45) is 0 Å². The predicted molar refractivity (Wildman–Crippen MR) is 78.5 cm³/mol. The monoisotopic (exact) mass is 273 g/mol. The Morgan fingerprint density at radius 1 is 1.11 bits per heavy atom. The molecule has 0 aromatic heterocycles. The lowest BCUT2D eigenvalue weighted by Crippen LogP contribution is -2.33. The van der Waals surface area contributed by atoms with Gasteiger partial charge in [-0.25, -0.2) is 0 Å². The van der Waals surface area contributed by atoms with Crippen LogP contribution in [0.1, 0.15) is 22.8 Å². The maximum atomic E-state index is 12.2. The molecule has 3 heteroatoms. The van der Waals surface area contributed by atoms with Gasteiger partial charge in [-0.15, -0.1) is 0 Å². The van der Waals surface area contributed by atoms with E-state index in [9.17, 15) is 4.79 Å². The highest BCUT2D eigenvalue weighted by Crippen LogP contribution is 2.11. The van der Waals surface area contributed by atoms with Crippen molar-refractivity contribution in [2.75, 3.05) is 0 Å². The van der Waals surface area contributed by atoms with Crippen molar-refractivity contribution in [2.45, 2.75) is 19.5 Å². The number of hydrogen-bond donors (Lipinski definition) is 1. The van der Waals surface area contributed by atoms with Gasteiger partial charge in [0.1, 0.15) is 0 Å². The van der Waals surface area contributed by atoms with Crippen LogP contribution in [0.5, 0.6) is 0 Å². The molecule has 0 fully saturated rings. The standard InChI is InChI=1S/C16H16ClNO/c1-12(18-11-13-5-3-2-4-6-13)16(19)14-7-9-15(17)10-8-14/h2-10,12,18H,11H2,1H3. The number of Topliss-reactive ketones (excluding diaryl/α,β-unsaturated/α-hetero) is 1. The van der Waals surface area contributed by atoms with E-state index >= 15 is 0 Å². The maximum absolute atomic E-state index is 12.2. The van der Waals surface area contributed by atoms with E-state index < -0.39 is 0 Å². The molecule has 0 saturated carbocycles. The van der Waals surface area contributed by atoms with Gasteiger partial charge < -0.3 is 5.32 Å². The van der Waals surface area contributed by atoms with Gasteiger partial charge in [0.15, 0.2) is 5.78 Å². The number of rotatable bonds is 5. The molecular weight excluding hydrogens is 258 g/mol. The van der Waals surface area contributed by atoms with Crippen LogP contribution in [0.4, 0.5) is 0 Å². The minimum absolute atomic E-state index is 0.0765. The molecule has 0 aliphatic carbocycles. The number of carbonyl (C=O) groups excluding carboxylic acids is 1. The van der Waals surface area contributed by atoms with E-state index in [1.54, 1.807) is 24.3 Å². The first-order valence-electron chi connectivity index (χ1n) is 6.24. The molecule has 0 aliphatic heterocycles. The number of hydrogen-bond acceptors (Lipinski definition) is 2. The van der Waals surface area contributed by atoms with Gasteiger partial charge in [-0.2, -0.15) is 0 Å². The summed E-state index contributed by atoms with van der Waals surface area (Å²) in [6.45, 7) is 2.56. The second-order valence-corrected chi connectivity index (χ2v) is 4.90. The van der Waals surface area contributed by atoms with Crippen LogP contribution in [0, 0.1) is 0 Å². The molecule has 1 unspecified atom stereocenters. The molecule has 0 aliphatic rings. The van der Waals surface area contributed by atoms with Gasteiger partial charge in [0.2, 0.25) is 0 Å². The first-order chi connectivity index (χ1) is 9.16. The predicted octanol–water partition coefficient (Wildman–Crippen LogP) is 3.70. The fraction of sp³-hybridized carbons (Fsp3) is 0.188. The van der Waals surface area contributed by atoms with Crippen molar-refractivity contribution >= 4 is 17.4 Å². The molecule has 0 amide bonds. The number of ketones is 1. The summed E-state index contributed by atoms with van der Waals surface area (Å²) in [5, 5.41) is 3.87. The summed E-state index contributed by atoms with van der Waals surface area (Å²) >= 11 is 5.81. The van der Waals surface area contributed by atoms with Crippen LogP contribution in [0.3, 0.4) is 0 Å². The minimum atomic E-state index is -0.221. The Balaban J connectivity index is 1.94. The summed E-state index contributed by atoms with van der Waals surface area (Å²) in [7, 11) is 0. The smallest absolute Gasteiger partial charge is 0.179 e. The first-order valence-corrected chi connectivity index (χ1v) is 6.61. The number of benzene rings is 2. The third kappa shape index (κ3) is 3.91. The lowest BCUT2D eigenvalue weighted by molar-refractivity contribution is 0.0950. The zero-order valence-corrected chi connectivity index (χ0v) is 11.5. The fourth-order valence-corrected chi connectivity index (χ4v) is 1.95. The highest BCUT2D eigenvalue weighted by molar-refractivity contribution is 6.30. The molecule has 2 nitrogen and oxygen atoms in total. The summed E-state index contributed by atoms with van der Waals surface area (Å²) in [5.74, 6) is 0.0765. The average molecular weight is 274 g/mol. The summed E-state index contributed by atoms with van der Waals surface area (Å²) in [6, 6.07) is 16.8. The van der Waals surface area contributed by atoms with Crippen LogP contribution >= 0.6 is 11.6 Å². The Kier molecular flexibility index (Phi) is 4.72. The molecule has 0 heterocycles. The molecule has 0 radical (unpaired) electrons. The van der Waals surface area contributed by atoms with Gasteiger partial charge in [0.25, 0.3) is 0 Å². The van der Waals surface area contributed by atoms with Gasteiger partial charge in [0.05, 0.1) is 6.04 Å². The van der Waals surface area contributed by atoms with E-state index in [4.69, 9.17) is 11.6 Å². The van der Waals surface area contributed by atoms with E-state index in [0.717, 1.165) is 0 Å². The highest BCUT2D eigenvalue weighted by atomic mass is 35.5. The van der Waals surface area contributed by atoms with Gasteiger partial charge in [0, 0.05) is 17.1 Å². The summed E-state index contributed by atoms with van der Waals surface area (Å²) in [5.41, 5.74) is 1.84. The quantitative estimate of drug-likeness (QED) is 0.842. The zero-order valence-electron chi connectivity index (χ0n) is 10.8. The molecule has 0 bridgehead atoms. The molecule has 0 saturated heterocycles. The van der Waals surface area contributed by atoms with Crippen molar-refractivity contribution in [1.29, 1.82) is 0 Å². The fourth-order valence-electron chi connectivity index (χ4n) is 1.82.